The molecule has 0 bridgehead atoms. The zero-order valence-electron chi connectivity index (χ0n) is 25.3. The molecule has 15 heteroatoms. The molecule has 3 heterocycles. The maximum Gasteiger partial charge on any atom is 0.409 e. The quantitative estimate of drug-likeness (QED) is 0.319. The predicted molar refractivity (Wildman–Crippen MR) is 159 cm³/mol. The molecule has 0 aliphatic carbocycles. The maximum atomic E-state index is 13.4. The zero-order valence-corrected chi connectivity index (χ0v) is 25.3. The van der Waals surface area contributed by atoms with E-state index < -0.39 is 29.9 Å². The van der Waals surface area contributed by atoms with Gasteiger partial charge in [-0.2, -0.15) is 0 Å². The van der Waals surface area contributed by atoms with E-state index in [2.05, 4.69) is 15.6 Å². The molecule has 2 aromatic rings. The van der Waals surface area contributed by atoms with Gasteiger partial charge in [0.15, 0.2) is 6.61 Å². The van der Waals surface area contributed by atoms with Gasteiger partial charge in [-0.1, -0.05) is 12.1 Å². The van der Waals surface area contributed by atoms with E-state index in [4.69, 9.17) is 9.47 Å². The highest BCUT2D eigenvalue weighted by Gasteiger charge is 2.32. The number of hydrogen-bond acceptors (Lipinski definition) is 9. The minimum absolute atomic E-state index is 0.0803. The van der Waals surface area contributed by atoms with E-state index in [9.17, 15) is 33.9 Å². The maximum absolute atomic E-state index is 13.4. The lowest BCUT2D eigenvalue weighted by Gasteiger charge is -2.35. The van der Waals surface area contributed by atoms with E-state index in [1.165, 1.54) is 22.8 Å². The summed E-state index contributed by atoms with van der Waals surface area (Å²) in [5, 5.41) is 15.3. The van der Waals surface area contributed by atoms with Crippen LogP contribution in [0.5, 0.6) is 5.75 Å². The van der Waals surface area contributed by atoms with Crippen LogP contribution in [0.4, 0.5) is 4.79 Å². The van der Waals surface area contributed by atoms with Gasteiger partial charge in [0.1, 0.15) is 17.5 Å². The van der Waals surface area contributed by atoms with Crippen LogP contribution in [-0.4, -0.2) is 125 Å². The van der Waals surface area contributed by atoms with Gasteiger partial charge >= 0.3 is 12.1 Å². The Kier molecular flexibility index (Phi) is 11.1. The Labute approximate surface area is 259 Å². The molecule has 0 saturated carbocycles. The molecule has 0 radical (unpaired) electrons. The van der Waals surface area contributed by atoms with Crippen molar-refractivity contribution in [1.82, 2.24) is 30.3 Å². The van der Waals surface area contributed by atoms with Gasteiger partial charge in [0.2, 0.25) is 11.8 Å². The molecule has 242 valence electrons. The number of amides is 5. The topological polar surface area (TPSA) is 188 Å². The molecule has 2 fully saturated rings. The summed E-state index contributed by atoms with van der Waals surface area (Å²) < 4.78 is 10.9. The number of hydrogen-bond donors (Lipinski definition) is 3. The summed E-state index contributed by atoms with van der Waals surface area (Å²) in [5.74, 6) is -2.53. The molecule has 2 aliphatic rings. The van der Waals surface area contributed by atoms with Gasteiger partial charge in [-0.3, -0.25) is 24.0 Å². The number of para-hydroxylation sites is 1. The fourth-order valence-electron chi connectivity index (χ4n) is 5.30. The molecule has 1 aromatic heterocycles. The van der Waals surface area contributed by atoms with Crippen molar-refractivity contribution in [2.24, 2.45) is 0 Å². The number of likely N-dealkylation sites (tertiary alicyclic amines) is 1. The van der Waals surface area contributed by atoms with Crippen LogP contribution in [0.15, 0.2) is 30.3 Å². The summed E-state index contributed by atoms with van der Waals surface area (Å²) in [6, 6.07) is 7.01. The molecule has 3 N–H and O–H groups in total. The van der Waals surface area contributed by atoms with Crippen LogP contribution >= 0.6 is 0 Å². The Morgan fingerprint density at radius 1 is 1.02 bits per heavy atom. The molecule has 1 unspecified atom stereocenters. The first-order valence-corrected chi connectivity index (χ1v) is 14.9. The van der Waals surface area contributed by atoms with Gasteiger partial charge in [-0.25, -0.2) is 9.78 Å². The van der Waals surface area contributed by atoms with Crippen LogP contribution in [0, 0.1) is 0 Å². The summed E-state index contributed by atoms with van der Waals surface area (Å²) in [7, 11) is 0. The lowest BCUT2D eigenvalue weighted by Crippen LogP contribution is -2.56. The van der Waals surface area contributed by atoms with Crippen LogP contribution in [0.3, 0.4) is 0 Å². The number of aliphatic carboxylic acids is 1. The highest BCUT2D eigenvalue weighted by atomic mass is 16.6. The van der Waals surface area contributed by atoms with Crippen molar-refractivity contribution in [2.45, 2.75) is 45.2 Å². The van der Waals surface area contributed by atoms with Crippen molar-refractivity contribution < 1.29 is 43.3 Å². The lowest BCUT2D eigenvalue weighted by atomic mass is 10.1. The fourth-order valence-corrected chi connectivity index (χ4v) is 5.30. The van der Waals surface area contributed by atoms with Gasteiger partial charge in [0.25, 0.3) is 11.8 Å². The van der Waals surface area contributed by atoms with Crippen LogP contribution in [0.25, 0.3) is 10.9 Å². The van der Waals surface area contributed by atoms with Gasteiger partial charge < -0.3 is 39.9 Å². The van der Waals surface area contributed by atoms with Crippen molar-refractivity contribution in [3.8, 4) is 5.75 Å². The molecule has 5 amide bonds. The van der Waals surface area contributed by atoms with E-state index in [1.807, 2.05) is 0 Å². The van der Waals surface area contributed by atoms with Crippen LogP contribution in [0.2, 0.25) is 0 Å². The molecule has 2 atom stereocenters. The van der Waals surface area contributed by atoms with Crippen LogP contribution in [0.1, 0.15) is 43.6 Å². The zero-order chi connectivity index (χ0) is 32.5. The molecule has 1 aromatic carbocycles. The number of fused-ring (bicyclic) bond motifs is 1. The molecular formula is C30H38N6O9. The highest BCUT2D eigenvalue weighted by molar-refractivity contribution is 5.99. The van der Waals surface area contributed by atoms with E-state index >= 15 is 0 Å². The monoisotopic (exact) mass is 626 g/mol. The van der Waals surface area contributed by atoms with Crippen molar-refractivity contribution >= 4 is 46.6 Å². The Bertz CT molecular complexity index is 1440. The largest absolute Gasteiger partial charge is 0.483 e. The fraction of sp³-hybridized carbons (Fsp3) is 0.500. The third-order valence-corrected chi connectivity index (χ3v) is 7.58. The molecule has 2 saturated heterocycles. The average Bonchev–Trinajstić information content (AvgIpc) is 3.49. The molecular weight excluding hydrogens is 588 g/mol. The second-order valence-corrected chi connectivity index (χ2v) is 10.8. The Morgan fingerprint density at radius 3 is 2.42 bits per heavy atom. The third-order valence-electron chi connectivity index (χ3n) is 7.58. The Morgan fingerprint density at radius 2 is 1.73 bits per heavy atom. The number of pyridine rings is 1. The molecule has 4 rings (SSSR count). The van der Waals surface area contributed by atoms with E-state index in [-0.39, 0.29) is 81.5 Å². The minimum Gasteiger partial charge on any atom is -0.483 e. The normalized spacial score (nSPS) is 17.0. The predicted octanol–water partition coefficient (Wildman–Crippen LogP) is 0.615. The summed E-state index contributed by atoms with van der Waals surface area (Å²) >= 11 is 0. The van der Waals surface area contributed by atoms with Crippen LogP contribution < -0.4 is 15.4 Å². The second-order valence-electron chi connectivity index (χ2n) is 10.8. The number of carboxylic acid groups (broad SMARTS) is 1. The highest BCUT2D eigenvalue weighted by Crippen LogP contribution is 2.26. The number of nitrogens with zero attached hydrogens (tertiary/aromatic N) is 4. The third kappa shape index (κ3) is 8.80. The number of aromatic nitrogens is 1. The standard InChI is InChI=1S/C30H38N6O9/c1-3-44-30(43)35-14-12-34(13-15-35)29(42)23(8-9-27(39)40)33-28(41)24-16-25(21-6-4-5-7-22(21)32-24)45-18-26(38)36-11-10-20(17-36)31-19(2)37/h4-7,16,20,23H,3,8-15,17-18H2,1-2H3,(H,31,37)(H,33,41)(H,39,40)/t20?,23-/m0/s1. The van der Waals surface area contributed by atoms with E-state index in [0.29, 0.717) is 30.4 Å². The number of carbonyl (C=O) groups is 6. The molecule has 15 nitrogen and oxygen atoms in total. The number of rotatable bonds is 11. The Balaban J connectivity index is 1.46. The first-order chi connectivity index (χ1) is 21.5. The SMILES string of the molecule is CCOC(=O)N1CCN(C(=O)[C@H](CCC(=O)O)NC(=O)c2cc(OCC(=O)N3CCC(NC(C)=O)C3)c3ccccc3n2)CC1. The van der Waals surface area contributed by atoms with E-state index in [1.54, 1.807) is 36.1 Å². The number of nitrogens with one attached hydrogen (secondary N) is 2. The van der Waals surface area contributed by atoms with Gasteiger partial charge in [-0.05, 0) is 31.9 Å². The van der Waals surface area contributed by atoms with Crippen LogP contribution in [-0.2, 0) is 23.9 Å². The summed E-state index contributed by atoms with van der Waals surface area (Å²) in [5.41, 5.74) is 0.339. The summed E-state index contributed by atoms with van der Waals surface area (Å²) in [6.07, 6.45) is -0.354. The first-order valence-electron chi connectivity index (χ1n) is 14.9. The number of ether oxygens (including phenoxy) is 2. The first kappa shape index (κ1) is 33.0. The molecule has 2 aliphatic heterocycles. The van der Waals surface area contributed by atoms with Crippen molar-refractivity contribution in [1.29, 1.82) is 0 Å². The average molecular weight is 627 g/mol. The van der Waals surface area contributed by atoms with Gasteiger partial charge in [-0.15, -0.1) is 0 Å². The lowest BCUT2D eigenvalue weighted by molar-refractivity contribution is -0.138. The molecule has 0 spiro atoms. The van der Waals surface area contributed by atoms with E-state index in [0.717, 1.165) is 0 Å². The minimum atomic E-state index is -1.16. The van der Waals surface area contributed by atoms with Gasteiger partial charge in [0.05, 0.1) is 12.1 Å². The number of piperazine rings is 1. The van der Waals surface area contributed by atoms with Crippen molar-refractivity contribution in [2.75, 3.05) is 52.5 Å². The number of carboxylic acids is 1. The molecule has 45 heavy (non-hydrogen) atoms. The smallest absolute Gasteiger partial charge is 0.409 e. The van der Waals surface area contributed by atoms with Gasteiger partial charge in [0, 0.05) is 70.1 Å². The Hall–Kier alpha value is -4.95. The second kappa shape index (κ2) is 15.2. The summed E-state index contributed by atoms with van der Waals surface area (Å²) in [4.78, 5) is 83.4. The summed E-state index contributed by atoms with van der Waals surface area (Å²) in [6.45, 7) is 4.76. The van der Waals surface area contributed by atoms with Crippen molar-refractivity contribution in [3.63, 3.8) is 0 Å². The number of carbonyl (C=O) groups excluding carboxylic acids is 5. The van der Waals surface area contributed by atoms with Crippen molar-refractivity contribution in [3.05, 3.63) is 36.0 Å². The number of benzene rings is 1.